The second-order valence-electron chi connectivity index (χ2n) is 5.98. The lowest BCUT2D eigenvalue weighted by Crippen LogP contribution is -2.32. The summed E-state index contributed by atoms with van der Waals surface area (Å²) in [6, 6.07) is 8.67. The monoisotopic (exact) mass is 309 g/mol. The predicted molar refractivity (Wildman–Crippen MR) is 85.1 cm³/mol. The van der Waals surface area contributed by atoms with Crippen LogP contribution >= 0.6 is 0 Å². The molecule has 1 aliphatic heterocycles. The van der Waals surface area contributed by atoms with Crippen LogP contribution in [0.1, 0.15) is 30.1 Å². The van der Waals surface area contributed by atoms with Gasteiger partial charge < -0.3 is 9.09 Å². The Labute approximate surface area is 134 Å². The highest BCUT2D eigenvalue weighted by Crippen LogP contribution is 2.26. The molecule has 0 N–H and O–H groups in total. The van der Waals surface area contributed by atoms with Crippen LogP contribution in [0.2, 0.25) is 0 Å². The maximum absolute atomic E-state index is 4.85. The molecule has 1 aliphatic rings. The molecule has 2 aromatic heterocycles. The normalized spacial score (nSPS) is 16.7. The van der Waals surface area contributed by atoms with Crippen molar-refractivity contribution in [1.82, 2.24) is 24.6 Å². The van der Waals surface area contributed by atoms with Crippen molar-refractivity contribution in [3.05, 3.63) is 60.8 Å². The van der Waals surface area contributed by atoms with Gasteiger partial charge in [0.1, 0.15) is 0 Å². The van der Waals surface area contributed by atoms with E-state index in [1.54, 1.807) is 6.20 Å². The van der Waals surface area contributed by atoms with Crippen molar-refractivity contribution in [3.63, 3.8) is 0 Å². The molecule has 3 aromatic rings. The van der Waals surface area contributed by atoms with Crippen LogP contribution < -0.4 is 0 Å². The summed E-state index contributed by atoms with van der Waals surface area (Å²) >= 11 is 0. The van der Waals surface area contributed by atoms with Crippen LogP contribution in [0.4, 0.5) is 0 Å². The fourth-order valence-electron chi connectivity index (χ4n) is 3.15. The third-order valence-corrected chi connectivity index (χ3v) is 4.48. The Hall–Kier alpha value is -2.47. The molecule has 4 rings (SSSR count). The van der Waals surface area contributed by atoms with Crippen LogP contribution in [0.3, 0.4) is 0 Å². The van der Waals surface area contributed by atoms with Gasteiger partial charge in [-0.15, -0.1) is 0 Å². The summed E-state index contributed by atoms with van der Waals surface area (Å²) in [5.41, 5.74) is 2.48. The van der Waals surface area contributed by atoms with Crippen LogP contribution in [0.5, 0.6) is 0 Å². The van der Waals surface area contributed by atoms with Crippen LogP contribution in [0, 0.1) is 0 Å². The Morgan fingerprint density at radius 2 is 1.96 bits per heavy atom. The molecule has 1 aromatic carbocycles. The zero-order valence-electron chi connectivity index (χ0n) is 12.9. The average molecular weight is 309 g/mol. The van der Waals surface area contributed by atoms with Gasteiger partial charge in [0.05, 0.1) is 6.33 Å². The SMILES string of the molecule is c1cn(-c2ccc(CN3CCC(c4ncon4)CC3)cc2)cn1. The minimum Gasteiger partial charge on any atom is -0.343 e. The number of imidazole rings is 1. The van der Waals surface area contributed by atoms with Crippen molar-refractivity contribution in [2.45, 2.75) is 25.3 Å². The van der Waals surface area contributed by atoms with Gasteiger partial charge in [0, 0.05) is 30.5 Å². The molecule has 0 amide bonds. The highest BCUT2D eigenvalue weighted by molar-refractivity contribution is 5.34. The molecular weight excluding hydrogens is 290 g/mol. The highest BCUT2D eigenvalue weighted by atomic mass is 16.5. The molecule has 0 unspecified atom stereocenters. The zero-order chi connectivity index (χ0) is 15.5. The van der Waals surface area contributed by atoms with Gasteiger partial charge in [-0.25, -0.2) is 4.98 Å². The third kappa shape index (κ3) is 3.17. The van der Waals surface area contributed by atoms with Crippen molar-refractivity contribution in [2.24, 2.45) is 0 Å². The van der Waals surface area contributed by atoms with Crippen LogP contribution in [-0.4, -0.2) is 37.7 Å². The fourth-order valence-corrected chi connectivity index (χ4v) is 3.15. The Bertz CT molecular complexity index is 713. The standard InChI is InChI=1S/C17H19N5O/c1-3-16(22-10-7-18-12-22)4-2-14(1)11-21-8-5-15(6-9-21)17-19-13-23-20-17/h1-4,7,10,12-13,15H,5-6,8-9,11H2. The molecular formula is C17H19N5O. The van der Waals surface area contributed by atoms with E-state index in [4.69, 9.17) is 4.52 Å². The average Bonchev–Trinajstić information content (AvgIpc) is 3.30. The number of aromatic nitrogens is 4. The molecule has 0 atom stereocenters. The number of hydrogen-bond acceptors (Lipinski definition) is 5. The van der Waals surface area contributed by atoms with Gasteiger partial charge in [-0.2, -0.15) is 4.98 Å². The number of likely N-dealkylation sites (tertiary alicyclic amines) is 1. The summed E-state index contributed by atoms with van der Waals surface area (Å²) in [6.07, 6.45) is 9.17. The van der Waals surface area contributed by atoms with E-state index in [1.165, 1.54) is 12.0 Å². The van der Waals surface area contributed by atoms with Crippen LogP contribution in [-0.2, 0) is 6.54 Å². The first kappa shape index (κ1) is 14.1. The largest absolute Gasteiger partial charge is 0.343 e. The van der Waals surface area contributed by atoms with Crippen LogP contribution in [0.15, 0.2) is 53.9 Å². The van der Waals surface area contributed by atoms with Gasteiger partial charge >= 0.3 is 0 Å². The minimum atomic E-state index is 0.439. The van der Waals surface area contributed by atoms with Crippen molar-refractivity contribution in [3.8, 4) is 5.69 Å². The zero-order valence-corrected chi connectivity index (χ0v) is 12.9. The second-order valence-corrected chi connectivity index (χ2v) is 5.98. The minimum absolute atomic E-state index is 0.439. The molecule has 0 bridgehead atoms. The lowest BCUT2D eigenvalue weighted by molar-refractivity contribution is 0.200. The van der Waals surface area contributed by atoms with Crippen LogP contribution in [0.25, 0.3) is 5.69 Å². The summed E-state index contributed by atoms with van der Waals surface area (Å²) < 4.78 is 6.86. The Morgan fingerprint density at radius 3 is 2.61 bits per heavy atom. The van der Waals surface area contributed by atoms with Gasteiger partial charge in [0.25, 0.3) is 0 Å². The van der Waals surface area contributed by atoms with E-state index < -0.39 is 0 Å². The topological polar surface area (TPSA) is 60.0 Å². The summed E-state index contributed by atoms with van der Waals surface area (Å²) in [5.74, 6) is 1.29. The lowest BCUT2D eigenvalue weighted by Gasteiger charge is -2.30. The van der Waals surface area contributed by atoms with E-state index in [0.717, 1.165) is 44.0 Å². The van der Waals surface area contributed by atoms with Crippen molar-refractivity contribution < 1.29 is 4.52 Å². The molecule has 0 radical (unpaired) electrons. The fraction of sp³-hybridized carbons (Fsp3) is 0.353. The molecule has 3 heterocycles. The summed E-state index contributed by atoms with van der Waals surface area (Å²) in [4.78, 5) is 10.7. The van der Waals surface area contributed by atoms with E-state index in [9.17, 15) is 0 Å². The molecule has 1 fully saturated rings. The third-order valence-electron chi connectivity index (χ3n) is 4.48. The van der Waals surface area contributed by atoms with Gasteiger partial charge in [0.2, 0.25) is 6.39 Å². The number of benzene rings is 1. The van der Waals surface area contributed by atoms with E-state index in [2.05, 4.69) is 44.3 Å². The van der Waals surface area contributed by atoms with Crippen molar-refractivity contribution >= 4 is 0 Å². The summed E-state index contributed by atoms with van der Waals surface area (Å²) in [5, 5.41) is 3.97. The molecule has 0 spiro atoms. The first-order valence-corrected chi connectivity index (χ1v) is 7.94. The number of piperidine rings is 1. The van der Waals surface area contributed by atoms with E-state index in [1.807, 2.05) is 17.1 Å². The van der Waals surface area contributed by atoms with E-state index >= 15 is 0 Å². The number of rotatable bonds is 4. The number of hydrogen-bond donors (Lipinski definition) is 0. The first-order chi connectivity index (χ1) is 11.4. The van der Waals surface area contributed by atoms with Crippen molar-refractivity contribution in [2.75, 3.05) is 13.1 Å². The van der Waals surface area contributed by atoms with Gasteiger partial charge in [-0.3, -0.25) is 4.90 Å². The highest BCUT2D eigenvalue weighted by Gasteiger charge is 2.23. The van der Waals surface area contributed by atoms with E-state index in [-0.39, 0.29) is 0 Å². The lowest BCUT2D eigenvalue weighted by atomic mass is 9.96. The first-order valence-electron chi connectivity index (χ1n) is 7.94. The maximum Gasteiger partial charge on any atom is 0.213 e. The van der Waals surface area contributed by atoms with Gasteiger partial charge in [-0.1, -0.05) is 17.3 Å². The Kier molecular flexibility index (Phi) is 3.90. The molecule has 6 nitrogen and oxygen atoms in total. The number of nitrogens with zero attached hydrogens (tertiary/aromatic N) is 5. The summed E-state index contributed by atoms with van der Waals surface area (Å²) in [6.45, 7) is 3.13. The maximum atomic E-state index is 4.85. The Balaban J connectivity index is 1.34. The molecule has 118 valence electrons. The molecule has 6 heteroatoms. The van der Waals surface area contributed by atoms with E-state index in [0.29, 0.717) is 5.92 Å². The van der Waals surface area contributed by atoms with Gasteiger partial charge in [0.15, 0.2) is 5.82 Å². The molecule has 1 saturated heterocycles. The molecule has 23 heavy (non-hydrogen) atoms. The van der Waals surface area contributed by atoms with Gasteiger partial charge in [-0.05, 0) is 43.6 Å². The summed E-state index contributed by atoms with van der Waals surface area (Å²) in [7, 11) is 0. The Morgan fingerprint density at radius 1 is 1.13 bits per heavy atom. The van der Waals surface area contributed by atoms with Crippen molar-refractivity contribution in [1.29, 1.82) is 0 Å². The second kappa shape index (κ2) is 6.34. The molecule has 0 aliphatic carbocycles. The quantitative estimate of drug-likeness (QED) is 0.741. The molecule has 0 saturated carbocycles. The smallest absolute Gasteiger partial charge is 0.213 e. The predicted octanol–water partition coefficient (Wildman–Crippen LogP) is 2.63.